The molecule has 0 aliphatic rings. The minimum absolute atomic E-state index is 0.143. The zero-order valence-electron chi connectivity index (χ0n) is 11.2. The molecule has 0 aromatic heterocycles. The fraction of sp³-hybridized carbons (Fsp3) is 0.250. The van der Waals surface area contributed by atoms with Gasteiger partial charge in [0.1, 0.15) is 0 Å². The SMILES string of the molecule is CCNC(Cc1ccccc1Br)c1cc(Cl)ccc1Cl. The van der Waals surface area contributed by atoms with E-state index in [-0.39, 0.29) is 6.04 Å². The molecule has 2 aromatic carbocycles. The van der Waals surface area contributed by atoms with Gasteiger partial charge in [0.05, 0.1) is 0 Å². The fourth-order valence-electron chi connectivity index (χ4n) is 2.20. The molecule has 0 fully saturated rings. The van der Waals surface area contributed by atoms with Crippen molar-refractivity contribution in [3.63, 3.8) is 0 Å². The van der Waals surface area contributed by atoms with Gasteiger partial charge in [0.15, 0.2) is 0 Å². The van der Waals surface area contributed by atoms with Crippen LogP contribution in [0.1, 0.15) is 24.1 Å². The first-order valence-electron chi connectivity index (χ1n) is 6.53. The molecule has 0 aliphatic carbocycles. The smallest absolute Gasteiger partial charge is 0.0454 e. The maximum Gasteiger partial charge on any atom is 0.0454 e. The van der Waals surface area contributed by atoms with Crippen molar-refractivity contribution in [2.24, 2.45) is 0 Å². The van der Waals surface area contributed by atoms with E-state index < -0.39 is 0 Å². The standard InChI is InChI=1S/C16H16BrCl2N/c1-2-20-16(9-11-5-3-4-6-14(11)17)13-10-12(18)7-8-15(13)19/h3-8,10,16,20H,2,9H2,1H3. The van der Waals surface area contributed by atoms with Crippen LogP contribution in [0.3, 0.4) is 0 Å². The number of rotatable bonds is 5. The van der Waals surface area contributed by atoms with Crippen LogP contribution in [0.15, 0.2) is 46.9 Å². The van der Waals surface area contributed by atoms with E-state index in [1.807, 2.05) is 30.3 Å². The van der Waals surface area contributed by atoms with Crippen molar-refractivity contribution in [1.29, 1.82) is 0 Å². The number of hydrogen-bond acceptors (Lipinski definition) is 1. The van der Waals surface area contributed by atoms with Gasteiger partial charge in [-0.05, 0) is 48.4 Å². The molecule has 20 heavy (non-hydrogen) atoms. The van der Waals surface area contributed by atoms with Crippen molar-refractivity contribution in [3.05, 3.63) is 68.1 Å². The molecular weight excluding hydrogens is 357 g/mol. The zero-order chi connectivity index (χ0) is 14.5. The predicted octanol–water partition coefficient (Wildman–Crippen LogP) is 5.65. The Balaban J connectivity index is 2.32. The van der Waals surface area contributed by atoms with Gasteiger partial charge in [-0.2, -0.15) is 0 Å². The van der Waals surface area contributed by atoms with Gasteiger partial charge in [0.25, 0.3) is 0 Å². The fourth-order valence-corrected chi connectivity index (χ4v) is 3.08. The highest BCUT2D eigenvalue weighted by Gasteiger charge is 2.16. The van der Waals surface area contributed by atoms with E-state index in [1.54, 1.807) is 0 Å². The minimum atomic E-state index is 0.143. The molecule has 106 valence electrons. The molecule has 0 bridgehead atoms. The number of benzene rings is 2. The lowest BCUT2D eigenvalue weighted by atomic mass is 9.98. The molecule has 0 heterocycles. The van der Waals surface area contributed by atoms with Crippen LogP contribution in [0.5, 0.6) is 0 Å². The molecule has 1 unspecified atom stereocenters. The summed E-state index contributed by atoms with van der Waals surface area (Å²) >= 11 is 16.0. The van der Waals surface area contributed by atoms with Crippen LogP contribution in [0.2, 0.25) is 10.0 Å². The highest BCUT2D eigenvalue weighted by Crippen LogP contribution is 2.30. The number of nitrogens with one attached hydrogen (secondary N) is 1. The van der Waals surface area contributed by atoms with Crippen LogP contribution in [0.4, 0.5) is 0 Å². The first kappa shape index (κ1) is 15.8. The normalized spacial score (nSPS) is 12.4. The summed E-state index contributed by atoms with van der Waals surface area (Å²) in [5.41, 5.74) is 2.28. The highest BCUT2D eigenvalue weighted by atomic mass is 79.9. The summed E-state index contributed by atoms with van der Waals surface area (Å²) in [5, 5.41) is 4.93. The first-order chi connectivity index (χ1) is 9.61. The van der Waals surface area contributed by atoms with Crippen molar-refractivity contribution in [2.75, 3.05) is 6.54 Å². The van der Waals surface area contributed by atoms with Crippen molar-refractivity contribution in [2.45, 2.75) is 19.4 Å². The quantitative estimate of drug-likeness (QED) is 0.714. The Kier molecular flexibility index (Phi) is 5.91. The van der Waals surface area contributed by atoms with Gasteiger partial charge in [0, 0.05) is 20.6 Å². The van der Waals surface area contributed by atoms with Crippen molar-refractivity contribution < 1.29 is 0 Å². The third kappa shape index (κ3) is 3.98. The summed E-state index contributed by atoms with van der Waals surface area (Å²) < 4.78 is 1.11. The highest BCUT2D eigenvalue weighted by molar-refractivity contribution is 9.10. The average Bonchev–Trinajstić information content (AvgIpc) is 2.43. The topological polar surface area (TPSA) is 12.0 Å². The van der Waals surface area contributed by atoms with E-state index in [4.69, 9.17) is 23.2 Å². The molecular formula is C16H16BrCl2N. The second kappa shape index (κ2) is 7.46. The first-order valence-corrected chi connectivity index (χ1v) is 8.08. The van der Waals surface area contributed by atoms with E-state index in [0.29, 0.717) is 5.02 Å². The molecule has 0 spiro atoms. The molecule has 1 atom stereocenters. The third-order valence-corrected chi connectivity index (χ3v) is 4.52. The van der Waals surface area contributed by atoms with Gasteiger partial charge in [0.2, 0.25) is 0 Å². The lowest BCUT2D eigenvalue weighted by Crippen LogP contribution is -2.23. The van der Waals surface area contributed by atoms with Crippen molar-refractivity contribution in [1.82, 2.24) is 5.32 Å². The Bertz CT molecular complexity index is 586. The zero-order valence-corrected chi connectivity index (χ0v) is 14.3. The van der Waals surface area contributed by atoms with E-state index in [9.17, 15) is 0 Å². The summed E-state index contributed by atoms with van der Waals surface area (Å²) in [7, 11) is 0. The van der Waals surface area contributed by atoms with Crippen LogP contribution in [-0.4, -0.2) is 6.54 Å². The summed E-state index contributed by atoms with van der Waals surface area (Å²) in [6.45, 7) is 2.96. The number of likely N-dealkylation sites (N-methyl/N-ethyl adjacent to an activating group) is 1. The maximum absolute atomic E-state index is 6.32. The Morgan fingerprint density at radius 3 is 2.60 bits per heavy atom. The molecule has 0 radical (unpaired) electrons. The third-order valence-electron chi connectivity index (χ3n) is 3.17. The predicted molar refractivity (Wildman–Crippen MR) is 90.7 cm³/mol. The van der Waals surface area contributed by atoms with Crippen molar-refractivity contribution >= 4 is 39.1 Å². The molecule has 0 aliphatic heterocycles. The van der Waals surface area contributed by atoms with Crippen LogP contribution in [0, 0.1) is 0 Å². The second-order valence-corrected chi connectivity index (χ2v) is 6.27. The summed E-state index contributed by atoms with van der Waals surface area (Å²) in [4.78, 5) is 0. The van der Waals surface area contributed by atoms with Gasteiger partial charge >= 0.3 is 0 Å². The largest absolute Gasteiger partial charge is 0.310 e. The molecule has 2 aromatic rings. The van der Waals surface area contributed by atoms with Gasteiger partial charge in [-0.25, -0.2) is 0 Å². The average molecular weight is 373 g/mol. The van der Waals surface area contributed by atoms with Crippen LogP contribution < -0.4 is 5.32 Å². The minimum Gasteiger partial charge on any atom is -0.310 e. The molecule has 2 rings (SSSR count). The molecule has 1 N–H and O–H groups in total. The lowest BCUT2D eigenvalue weighted by Gasteiger charge is -2.20. The number of halogens is 3. The summed E-state index contributed by atoms with van der Waals surface area (Å²) in [5.74, 6) is 0. The van der Waals surface area contributed by atoms with Crippen molar-refractivity contribution in [3.8, 4) is 0 Å². The Labute approximate surface area is 138 Å². The van der Waals surface area contributed by atoms with E-state index in [0.717, 1.165) is 28.0 Å². The lowest BCUT2D eigenvalue weighted by molar-refractivity contribution is 0.549. The second-order valence-electron chi connectivity index (χ2n) is 4.57. The molecule has 0 amide bonds. The summed E-state index contributed by atoms with van der Waals surface area (Å²) in [6, 6.07) is 14.0. The monoisotopic (exact) mass is 371 g/mol. The Morgan fingerprint density at radius 1 is 1.15 bits per heavy atom. The number of hydrogen-bond donors (Lipinski definition) is 1. The van der Waals surface area contributed by atoms with Gasteiger partial charge in [-0.1, -0.05) is 64.3 Å². The molecule has 0 saturated carbocycles. The van der Waals surface area contributed by atoms with Crippen LogP contribution >= 0.6 is 39.1 Å². The summed E-state index contributed by atoms with van der Waals surface area (Å²) in [6.07, 6.45) is 0.856. The van der Waals surface area contributed by atoms with E-state index in [1.165, 1.54) is 5.56 Å². The Morgan fingerprint density at radius 2 is 1.90 bits per heavy atom. The molecule has 0 saturated heterocycles. The molecule has 4 heteroatoms. The molecule has 1 nitrogen and oxygen atoms in total. The van der Waals surface area contributed by atoms with E-state index >= 15 is 0 Å². The Hall–Kier alpha value is -0.540. The maximum atomic E-state index is 6.32. The van der Waals surface area contributed by atoms with Crippen LogP contribution in [-0.2, 0) is 6.42 Å². The van der Waals surface area contributed by atoms with Gasteiger partial charge < -0.3 is 5.32 Å². The van der Waals surface area contributed by atoms with Gasteiger partial charge in [-0.15, -0.1) is 0 Å². The van der Waals surface area contributed by atoms with Gasteiger partial charge in [-0.3, -0.25) is 0 Å². The van der Waals surface area contributed by atoms with E-state index in [2.05, 4.69) is 40.3 Å². The van der Waals surface area contributed by atoms with Crippen LogP contribution in [0.25, 0.3) is 0 Å².